The minimum absolute atomic E-state index is 0.0670. The van der Waals surface area contributed by atoms with E-state index < -0.39 is 15.8 Å². The quantitative estimate of drug-likeness (QED) is 0.889. The van der Waals surface area contributed by atoms with E-state index in [2.05, 4.69) is 4.72 Å². The van der Waals surface area contributed by atoms with Crippen LogP contribution in [0.15, 0.2) is 29.2 Å². The Morgan fingerprint density at radius 3 is 2.57 bits per heavy atom. The van der Waals surface area contributed by atoms with Gasteiger partial charge < -0.3 is 9.47 Å². The highest BCUT2D eigenvalue weighted by Gasteiger charge is 2.57. The maximum atomic E-state index is 13.0. The van der Waals surface area contributed by atoms with E-state index in [0.29, 0.717) is 26.2 Å². The summed E-state index contributed by atoms with van der Waals surface area (Å²) in [5.74, 6) is -0.454. The van der Waals surface area contributed by atoms with E-state index >= 15 is 0 Å². The molecule has 128 valence electrons. The number of hydrogen-bond donors (Lipinski definition) is 1. The van der Waals surface area contributed by atoms with Gasteiger partial charge in [0.25, 0.3) is 0 Å². The molecule has 2 aliphatic rings. The van der Waals surface area contributed by atoms with Crippen LogP contribution in [0.1, 0.15) is 26.2 Å². The molecule has 2 fully saturated rings. The molecule has 23 heavy (non-hydrogen) atoms. The predicted octanol–water partition coefficient (Wildman–Crippen LogP) is 2.08. The summed E-state index contributed by atoms with van der Waals surface area (Å²) in [4.78, 5) is 0.0842. The fourth-order valence-corrected chi connectivity index (χ4v) is 4.97. The zero-order chi connectivity index (χ0) is 16.5. The van der Waals surface area contributed by atoms with Gasteiger partial charge in [-0.25, -0.2) is 17.5 Å². The van der Waals surface area contributed by atoms with Gasteiger partial charge in [-0.15, -0.1) is 0 Å². The van der Waals surface area contributed by atoms with Crippen LogP contribution in [0.4, 0.5) is 4.39 Å². The Balaban J connectivity index is 1.77. The van der Waals surface area contributed by atoms with Crippen molar-refractivity contribution in [3.63, 3.8) is 0 Å². The first kappa shape index (κ1) is 16.8. The van der Waals surface area contributed by atoms with Gasteiger partial charge in [-0.05, 0) is 50.5 Å². The molecule has 3 rings (SSSR count). The van der Waals surface area contributed by atoms with Gasteiger partial charge in [0.1, 0.15) is 5.82 Å². The monoisotopic (exact) mass is 343 g/mol. The van der Waals surface area contributed by atoms with Crippen LogP contribution in [0.25, 0.3) is 0 Å². The Labute approximate surface area is 136 Å². The fraction of sp³-hybridized carbons (Fsp3) is 0.625. The molecule has 1 saturated heterocycles. The number of halogens is 1. The standard InChI is InChI=1S/C16H22FNO4S/c1-2-22-15-11-14(16(15)7-9-21-10-8-16)18-23(19,20)13-5-3-12(17)4-6-13/h3-6,14-15,18H,2,7-11H2,1H3/t14-,15-/m1/s1. The fourth-order valence-electron chi connectivity index (χ4n) is 3.64. The van der Waals surface area contributed by atoms with Gasteiger partial charge in [-0.1, -0.05) is 0 Å². The van der Waals surface area contributed by atoms with Crippen LogP contribution >= 0.6 is 0 Å². The second kappa shape index (κ2) is 6.47. The molecule has 1 aliphatic heterocycles. The number of rotatable bonds is 5. The van der Waals surface area contributed by atoms with Crippen molar-refractivity contribution in [2.45, 2.75) is 43.2 Å². The van der Waals surface area contributed by atoms with E-state index in [4.69, 9.17) is 9.47 Å². The molecule has 5 nitrogen and oxygen atoms in total. The van der Waals surface area contributed by atoms with Crippen LogP contribution in [-0.2, 0) is 19.5 Å². The van der Waals surface area contributed by atoms with E-state index in [1.54, 1.807) is 0 Å². The third-order valence-electron chi connectivity index (χ3n) is 5.00. The highest BCUT2D eigenvalue weighted by molar-refractivity contribution is 7.89. The van der Waals surface area contributed by atoms with Crippen LogP contribution in [0.2, 0.25) is 0 Å². The zero-order valence-electron chi connectivity index (χ0n) is 13.1. The first-order valence-electron chi connectivity index (χ1n) is 7.95. The molecule has 1 aromatic rings. The summed E-state index contributed by atoms with van der Waals surface area (Å²) in [6.07, 6.45) is 2.30. The highest BCUT2D eigenvalue weighted by Crippen LogP contribution is 2.51. The van der Waals surface area contributed by atoms with Crippen molar-refractivity contribution in [1.29, 1.82) is 0 Å². The zero-order valence-corrected chi connectivity index (χ0v) is 13.9. The summed E-state index contributed by atoms with van der Waals surface area (Å²) in [5.41, 5.74) is -0.193. The molecule has 1 aromatic carbocycles. The summed E-state index contributed by atoms with van der Waals surface area (Å²) in [6.45, 7) is 3.81. The molecule has 0 bridgehead atoms. The van der Waals surface area contributed by atoms with Crippen molar-refractivity contribution < 1.29 is 22.3 Å². The van der Waals surface area contributed by atoms with Gasteiger partial charge in [0.15, 0.2) is 0 Å². The number of hydrogen-bond acceptors (Lipinski definition) is 4. The van der Waals surface area contributed by atoms with Crippen molar-refractivity contribution >= 4 is 10.0 Å². The molecule has 1 saturated carbocycles. The van der Waals surface area contributed by atoms with Crippen LogP contribution in [0, 0.1) is 11.2 Å². The molecular weight excluding hydrogens is 321 g/mol. The Hall–Kier alpha value is -1.02. The van der Waals surface area contributed by atoms with Gasteiger partial charge >= 0.3 is 0 Å². The minimum atomic E-state index is -3.66. The molecule has 0 aromatic heterocycles. The Morgan fingerprint density at radius 2 is 1.96 bits per heavy atom. The Kier molecular flexibility index (Phi) is 4.73. The molecule has 0 amide bonds. The summed E-state index contributed by atoms with van der Waals surface area (Å²) in [7, 11) is -3.66. The third kappa shape index (κ3) is 3.15. The Bertz CT molecular complexity index is 641. The van der Waals surface area contributed by atoms with E-state index in [9.17, 15) is 12.8 Å². The minimum Gasteiger partial charge on any atom is -0.381 e. The molecular formula is C16H22FNO4S. The number of nitrogens with one attached hydrogen (secondary N) is 1. The summed E-state index contributed by atoms with van der Waals surface area (Å²) >= 11 is 0. The summed E-state index contributed by atoms with van der Waals surface area (Å²) in [5, 5.41) is 0. The van der Waals surface area contributed by atoms with Crippen molar-refractivity contribution in [1.82, 2.24) is 4.72 Å². The number of benzene rings is 1. The van der Waals surface area contributed by atoms with Gasteiger partial charge in [0.05, 0.1) is 11.0 Å². The normalized spacial score (nSPS) is 26.9. The second-order valence-electron chi connectivity index (χ2n) is 6.15. The van der Waals surface area contributed by atoms with Crippen molar-refractivity contribution in [3.8, 4) is 0 Å². The van der Waals surface area contributed by atoms with Crippen LogP contribution in [0.5, 0.6) is 0 Å². The maximum absolute atomic E-state index is 13.0. The number of sulfonamides is 1. The van der Waals surface area contributed by atoms with Gasteiger partial charge in [-0.2, -0.15) is 0 Å². The van der Waals surface area contributed by atoms with E-state index in [0.717, 1.165) is 25.0 Å². The average molecular weight is 343 g/mol. The summed E-state index contributed by atoms with van der Waals surface area (Å²) in [6, 6.07) is 4.71. The predicted molar refractivity (Wildman–Crippen MR) is 83.0 cm³/mol. The second-order valence-corrected chi connectivity index (χ2v) is 7.87. The first-order chi connectivity index (χ1) is 11.0. The smallest absolute Gasteiger partial charge is 0.240 e. The first-order valence-corrected chi connectivity index (χ1v) is 9.43. The lowest BCUT2D eigenvalue weighted by atomic mass is 9.58. The molecule has 1 heterocycles. The van der Waals surface area contributed by atoms with E-state index in [1.165, 1.54) is 12.1 Å². The molecule has 2 atom stereocenters. The molecule has 0 unspecified atom stereocenters. The average Bonchev–Trinajstić information content (AvgIpc) is 2.55. The van der Waals surface area contributed by atoms with E-state index in [1.807, 2.05) is 6.92 Å². The van der Waals surface area contributed by atoms with Crippen molar-refractivity contribution in [3.05, 3.63) is 30.1 Å². The lowest BCUT2D eigenvalue weighted by Crippen LogP contribution is -2.66. The largest absolute Gasteiger partial charge is 0.381 e. The van der Waals surface area contributed by atoms with Crippen LogP contribution in [0.3, 0.4) is 0 Å². The Morgan fingerprint density at radius 1 is 1.30 bits per heavy atom. The van der Waals surface area contributed by atoms with Crippen molar-refractivity contribution in [2.24, 2.45) is 5.41 Å². The lowest BCUT2D eigenvalue weighted by Gasteiger charge is -2.57. The van der Waals surface area contributed by atoms with Crippen LogP contribution in [-0.4, -0.2) is 40.4 Å². The summed E-state index contributed by atoms with van der Waals surface area (Å²) < 4.78 is 52.1. The molecule has 7 heteroatoms. The lowest BCUT2D eigenvalue weighted by molar-refractivity contribution is -0.168. The van der Waals surface area contributed by atoms with Crippen LogP contribution < -0.4 is 4.72 Å². The van der Waals surface area contributed by atoms with Gasteiger partial charge in [-0.3, -0.25) is 0 Å². The molecule has 0 radical (unpaired) electrons. The molecule has 1 N–H and O–H groups in total. The SMILES string of the molecule is CCO[C@@H]1C[C@@H](NS(=O)(=O)c2ccc(F)cc2)C12CCOCC2. The van der Waals surface area contributed by atoms with E-state index in [-0.39, 0.29) is 22.5 Å². The molecule has 1 aliphatic carbocycles. The number of ether oxygens (including phenoxy) is 2. The molecule has 1 spiro atoms. The van der Waals surface area contributed by atoms with Crippen molar-refractivity contribution in [2.75, 3.05) is 19.8 Å². The van der Waals surface area contributed by atoms with Gasteiger partial charge in [0, 0.05) is 31.3 Å². The third-order valence-corrected chi connectivity index (χ3v) is 6.49. The van der Waals surface area contributed by atoms with Gasteiger partial charge in [0.2, 0.25) is 10.0 Å². The maximum Gasteiger partial charge on any atom is 0.240 e. The highest BCUT2D eigenvalue weighted by atomic mass is 32.2. The topological polar surface area (TPSA) is 64.6 Å².